The molecule has 1 atom stereocenters. The smallest absolute Gasteiger partial charge is 0.138 e. The second kappa shape index (κ2) is 6.53. The highest BCUT2D eigenvalue weighted by molar-refractivity contribution is 4.87. The van der Waals surface area contributed by atoms with E-state index in [9.17, 15) is 5.11 Å². The van der Waals surface area contributed by atoms with Crippen LogP contribution in [-0.4, -0.2) is 39.2 Å². The molecule has 0 aliphatic heterocycles. The quantitative estimate of drug-likeness (QED) is 0.721. The number of hydrogen-bond acceptors (Lipinski definition) is 4. The maximum atomic E-state index is 9.64. The monoisotopic (exact) mass is 213 g/mol. The molecule has 86 valence electrons. The van der Waals surface area contributed by atoms with Gasteiger partial charge in [-0.15, -0.1) is 0 Å². The molecular formula is C10H19N3O2. The van der Waals surface area contributed by atoms with Crippen LogP contribution >= 0.6 is 0 Å². The van der Waals surface area contributed by atoms with Crippen LogP contribution in [0.5, 0.6) is 0 Å². The molecule has 0 radical (unpaired) electrons. The van der Waals surface area contributed by atoms with Crippen LogP contribution < -0.4 is 0 Å². The van der Waals surface area contributed by atoms with Crippen LogP contribution in [0.25, 0.3) is 0 Å². The summed E-state index contributed by atoms with van der Waals surface area (Å²) in [7, 11) is 0. The molecular weight excluding hydrogens is 194 g/mol. The maximum Gasteiger partial charge on any atom is 0.138 e. The van der Waals surface area contributed by atoms with E-state index < -0.39 is 6.10 Å². The summed E-state index contributed by atoms with van der Waals surface area (Å²) in [5.74, 6) is 0.823. The lowest BCUT2D eigenvalue weighted by atomic mass is 10.2. The first-order valence-corrected chi connectivity index (χ1v) is 5.40. The van der Waals surface area contributed by atoms with Crippen molar-refractivity contribution in [3.05, 3.63) is 12.2 Å². The lowest BCUT2D eigenvalue weighted by molar-refractivity contribution is 0.0414. The molecule has 0 aliphatic carbocycles. The number of rotatable bonds is 7. The average molecular weight is 213 g/mol. The number of aromatic nitrogens is 3. The molecule has 0 bridgehead atoms. The van der Waals surface area contributed by atoms with Gasteiger partial charge in [-0.2, -0.15) is 5.10 Å². The molecule has 1 aromatic heterocycles. The third kappa shape index (κ3) is 3.97. The first-order chi connectivity index (χ1) is 7.27. The van der Waals surface area contributed by atoms with Crippen molar-refractivity contribution in [3.63, 3.8) is 0 Å². The van der Waals surface area contributed by atoms with Gasteiger partial charge in [0, 0.05) is 19.6 Å². The minimum Gasteiger partial charge on any atom is -0.390 e. The van der Waals surface area contributed by atoms with Crippen LogP contribution in [0.2, 0.25) is 0 Å². The summed E-state index contributed by atoms with van der Waals surface area (Å²) in [4.78, 5) is 4.12. The van der Waals surface area contributed by atoms with Gasteiger partial charge < -0.3 is 9.84 Å². The van der Waals surface area contributed by atoms with E-state index in [1.165, 1.54) is 6.33 Å². The van der Waals surface area contributed by atoms with Crippen molar-refractivity contribution in [2.45, 2.75) is 39.3 Å². The summed E-state index contributed by atoms with van der Waals surface area (Å²) in [6.07, 6.45) is 2.54. The molecule has 0 saturated carbocycles. The van der Waals surface area contributed by atoms with E-state index in [0.717, 1.165) is 18.8 Å². The van der Waals surface area contributed by atoms with E-state index in [4.69, 9.17) is 4.74 Å². The summed E-state index contributed by atoms with van der Waals surface area (Å²) in [6, 6.07) is 0. The second-order valence-corrected chi connectivity index (χ2v) is 3.42. The predicted octanol–water partition coefficient (Wildman–Crippen LogP) is 0.628. The van der Waals surface area contributed by atoms with Crippen molar-refractivity contribution in [1.82, 2.24) is 14.8 Å². The zero-order valence-electron chi connectivity index (χ0n) is 9.39. The summed E-state index contributed by atoms with van der Waals surface area (Å²) < 4.78 is 6.96. The summed E-state index contributed by atoms with van der Waals surface area (Å²) in [5.41, 5.74) is 0. The van der Waals surface area contributed by atoms with E-state index in [0.29, 0.717) is 19.6 Å². The van der Waals surface area contributed by atoms with Gasteiger partial charge in [-0.1, -0.05) is 6.92 Å². The number of aliphatic hydroxyl groups excluding tert-OH is 1. The average Bonchev–Trinajstić information content (AvgIpc) is 2.63. The van der Waals surface area contributed by atoms with Crippen molar-refractivity contribution in [1.29, 1.82) is 0 Å². The van der Waals surface area contributed by atoms with Crippen LogP contribution in [0.4, 0.5) is 0 Å². The summed E-state index contributed by atoms with van der Waals surface area (Å²) >= 11 is 0. The van der Waals surface area contributed by atoms with Gasteiger partial charge >= 0.3 is 0 Å². The number of nitrogens with zero attached hydrogens (tertiary/aromatic N) is 3. The molecule has 1 rings (SSSR count). The molecule has 5 nitrogen and oxygen atoms in total. The van der Waals surface area contributed by atoms with Crippen LogP contribution in [0, 0.1) is 0 Å². The van der Waals surface area contributed by atoms with E-state index in [1.807, 2.05) is 11.6 Å². The highest BCUT2D eigenvalue weighted by atomic mass is 16.5. The van der Waals surface area contributed by atoms with Crippen LogP contribution in [-0.2, 0) is 17.7 Å². The van der Waals surface area contributed by atoms with E-state index in [1.54, 1.807) is 0 Å². The lowest BCUT2D eigenvalue weighted by Crippen LogP contribution is -2.21. The molecule has 15 heavy (non-hydrogen) atoms. The number of aliphatic hydroxyl groups is 1. The van der Waals surface area contributed by atoms with Gasteiger partial charge in [0.1, 0.15) is 12.2 Å². The van der Waals surface area contributed by atoms with Gasteiger partial charge in [0.15, 0.2) is 0 Å². The second-order valence-electron chi connectivity index (χ2n) is 3.42. The molecule has 0 spiro atoms. The van der Waals surface area contributed by atoms with Crippen molar-refractivity contribution >= 4 is 0 Å². The highest BCUT2D eigenvalue weighted by Gasteiger charge is 2.10. The maximum absolute atomic E-state index is 9.64. The molecule has 0 fully saturated rings. The van der Waals surface area contributed by atoms with Gasteiger partial charge in [-0.3, -0.25) is 4.68 Å². The Balaban J connectivity index is 2.44. The number of ether oxygens (including phenoxy) is 1. The highest BCUT2D eigenvalue weighted by Crippen LogP contribution is 2.01. The Labute approximate surface area is 90.1 Å². The first-order valence-electron chi connectivity index (χ1n) is 5.40. The SMILES string of the molecule is CCCn1ncnc1CC(O)COCC. The van der Waals surface area contributed by atoms with Gasteiger partial charge in [0.2, 0.25) is 0 Å². The Morgan fingerprint density at radius 2 is 2.33 bits per heavy atom. The molecule has 0 saturated heterocycles. The zero-order valence-corrected chi connectivity index (χ0v) is 9.39. The number of hydrogen-bond donors (Lipinski definition) is 1. The van der Waals surface area contributed by atoms with Crippen molar-refractivity contribution < 1.29 is 9.84 Å². The van der Waals surface area contributed by atoms with Crippen molar-refractivity contribution in [2.24, 2.45) is 0 Å². The molecule has 0 aromatic carbocycles. The van der Waals surface area contributed by atoms with E-state index in [-0.39, 0.29) is 0 Å². The molecule has 1 unspecified atom stereocenters. The van der Waals surface area contributed by atoms with Gasteiger partial charge in [-0.05, 0) is 13.3 Å². The predicted molar refractivity (Wildman–Crippen MR) is 56.5 cm³/mol. The molecule has 1 N–H and O–H groups in total. The van der Waals surface area contributed by atoms with Crippen molar-refractivity contribution in [3.8, 4) is 0 Å². The Kier molecular flexibility index (Phi) is 5.28. The number of aryl methyl sites for hydroxylation is 1. The molecule has 1 aromatic rings. The van der Waals surface area contributed by atoms with Gasteiger partial charge in [0.25, 0.3) is 0 Å². The Bertz CT molecular complexity index is 275. The Hall–Kier alpha value is -0.940. The third-order valence-corrected chi connectivity index (χ3v) is 2.06. The Morgan fingerprint density at radius 1 is 1.53 bits per heavy atom. The Morgan fingerprint density at radius 3 is 3.00 bits per heavy atom. The normalized spacial score (nSPS) is 13.0. The minimum absolute atomic E-state index is 0.357. The van der Waals surface area contributed by atoms with Crippen LogP contribution in [0.3, 0.4) is 0 Å². The van der Waals surface area contributed by atoms with Crippen LogP contribution in [0.15, 0.2) is 6.33 Å². The summed E-state index contributed by atoms with van der Waals surface area (Å²) in [5, 5.41) is 13.7. The zero-order chi connectivity index (χ0) is 11.1. The lowest BCUT2D eigenvalue weighted by Gasteiger charge is -2.10. The van der Waals surface area contributed by atoms with E-state index >= 15 is 0 Å². The fraction of sp³-hybridized carbons (Fsp3) is 0.800. The van der Waals surface area contributed by atoms with Crippen molar-refractivity contribution in [2.75, 3.05) is 13.2 Å². The summed E-state index contributed by atoms with van der Waals surface area (Å²) in [6.45, 7) is 5.82. The first kappa shape index (κ1) is 12.1. The van der Waals surface area contributed by atoms with E-state index in [2.05, 4.69) is 17.0 Å². The fourth-order valence-electron chi connectivity index (χ4n) is 1.37. The molecule has 0 aliphatic rings. The molecule has 1 heterocycles. The minimum atomic E-state index is -0.496. The molecule has 0 amide bonds. The van der Waals surface area contributed by atoms with Crippen LogP contribution in [0.1, 0.15) is 26.1 Å². The molecule has 5 heteroatoms. The van der Waals surface area contributed by atoms with Gasteiger partial charge in [-0.25, -0.2) is 4.98 Å². The largest absolute Gasteiger partial charge is 0.390 e. The topological polar surface area (TPSA) is 60.2 Å². The standard InChI is InChI=1S/C10H19N3O2/c1-3-5-13-10(11-8-12-13)6-9(14)7-15-4-2/h8-9,14H,3-7H2,1-2H3. The third-order valence-electron chi connectivity index (χ3n) is 2.06. The van der Waals surface area contributed by atoms with Gasteiger partial charge in [0.05, 0.1) is 12.7 Å². The fourth-order valence-corrected chi connectivity index (χ4v) is 1.37.